The molecule has 7 nitrogen and oxygen atoms in total. The second-order valence-electron chi connectivity index (χ2n) is 6.54. The lowest BCUT2D eigenvalue weighted by Crippen LogP contribution is -2.15. The lowest BCUT2D eigenvalue weighted by Gasteiger charge is -2.09. The number of hydrogen-bond donors (Lipinski definition) is 1. The number of anilines is 1. The summed E-state index contributed by atoms with van der Waals surface area (Å²) < 4.78 is 7.46. The number of benzene rings is 1. The van der Waals surface area contributed by atoms with Crippen LogP contribution < -0.4 is 5.32 Å². The molecule has 4 aromatic rings. The highest BCUT2D eigenvalue weighted by Crippen LogP contribution is 2.26. The number of carbonyl (C=O) groups is 1. The molecule has 0 radical (unpaired) electrons. The lowest BCUT2D eigenvalue weighted by atomic mass is 10.1. The minimum absolute atomic E-state index is 0.161. The number of pyridine rings is 1. The monoisotopic (exact) mass is 439 g/mol. The number of carbonyl (C=O) groups excluding carboxylic acids is 1. The van der Waals surface area contributed by atoms with Gasteiger partial charge in [-0.25, -0.2) is 4.98 Å². The first-order valence-electron chi connectivity index (χ1n) is 9.15. The normalized spacial score (nSPS) is 10.9. The Kier molecular flexibility index (Phi) is 6.15. The third-order valence-electron chi connectivity index (χ3n) is 4.21. The molecule has 1 amide bonds. The number of nitrogens with zero attached hydrogens (tertiary/aromatic N) is 4. The molecule has 9 heteroatoms. The molecule has 0 aliphatic carbocycles. The molecule has 0 aliphatic rings. The Morgan fingerprint density at radius 1 is 1.20 bits per heavy atom. The van der Waals surface area contributed by atoms with Crippen LogP contribution >= 0.6 is 23.4 Å². The minimum atomic E-state index is -0.195. The maximum Gasteiger partial charge on any atom is 0.236 e. The zero-order valence-electron chi connectivity index (χ0n) is 16.1. The van der Waals surface area contributed by atoms with E-state index < -0.39 is 0 Å². The smallest absolute Gasteiger partial charge is 0.236 e. The molecule has 0 aliphatic heterocycles. The van der Waals surface area contributed by atoms with Gasteiger partial charge in [-0.2, -0.15) is 0 Å². The summed E-state index contributed by atoms with van der Waals surface area (Å²) >= 11 is 7.12. The van der Waals surface area contributed by atoms with Crippen LogP contribution in [0.1, 0.15) is 11.3 Å². The van der Waals surface area contributed by atoms with Gasteiger partial charge >= 0.3 is 0 Å². The van der Waals surface area contributed by atoms with E-state index in [0.717, 1.165) is 22.7 Å². The highest BCUT2D eigenvalue weighted by atomic mass is 35.5. The third-order valence-corrected chi connectivity index (χ3v) is 5.40. The van der Waals surface area contributed by atoms with Crippen molar-refractivity contribution in [3.63, 3.8) is 0 Å². The van der Waals surface area contributed by atoms with Crippen LogP contribution in [0.15, 0.2) is 70.6 Å². The van der Waals surface area contributed by atoms with Crippen molar-refractivity contribution < 1.29 is 9.21 Å². The zero-order chi connectivity index (χ0) is 20.9. The Morgan fingerprint density at radius 2 is 2.10 bits per heavy atom. The number of hydrogen-bond acceptors (Lipinski definition) is 6. The van der Waals surface area contributed by atoms with E-state index in [-0.39, 0.29) is 11.7 Å². The molecule has 0 fully saturated rings. The van der Waals surface area contributed by atoms with Crippen LogP contribution in [0.5, 0.6) is 0 Å². The van der Waals surface area contributed by atoms with Crippen molar-refractivity contribution in [1.82, 2.24) is 19.7 Å². The molecule has 0 unspecified atom stereocenters. The molecule has 1 aromatic carbocycles. The minimum Gasteiger partial charge on any atom is -0.467 e. The van der Waals surface area contributed by atoms with Crippen LogP contribution in [0.4, 0.5) is 5.82 Å². The van der Waals surface area contributed by atoms with Crippen LogP contribution in [-0.2, 0) is 11.3 Å². The largest absolute Gasteiger partial charge is 0.467 e. The number of amides is 1. The van der Waals surface area contributed by atoms with E-state index >= 15 is 0 Å². The van der Waals surface area contributed by atoms with E-state index in [2.05, 4.69) is 26.6 Å². The first-order chi connectivity index (χ1) is 14.6. The first kappa shape index (κ1) is 20.2. The average molecular weight is 440 g/mol. The van der Waals surface area contributed by atoms with E-state index in [4.69, 9.17) is 16.0 Å². The van der Waals surface area contributed by atoms with Crippen LogP contribution in [0.25, 0.3) is 11.4 Å². The van der Waals surface area contributed by atoms with Gasteiger partial charge in [0.05, 0.1) is 23.6 Å². The molecule has 0 saturated heterocycles. The van der Waals surface area contributed by atoms with Crippen LogP contribution in [-0.4, -0.2) is 31.4 Å². The SMILES string of the molecule is Cc1cccc(-c2nnc(SCC(=O)Nc3ccc(Cl)cn3)n2Cc2ccco2)c1. The van der Waals surface area contributed by atoms with Gasteiger partial charge in [0.25, 0.3) is 0 Å². The quantitative estimate of drug-likeness (QED) is 0.421. The predicted molar refractivity (Wildman–Crippen MR) is 117 cm³/mol. The molecular weight excluding hydrogens is 422 g/mol. The predicted octanol–water partition coefficient (Wildman–Crippen LogP) is 4.67. The summed E-state index contributed by atoms with van der Waals surface area (Å²) in [5.74, 6) is 1.91. The molecular formula is C21H18ClN5O2S. The van der Waals surface area contributed by atoms with Crippen molar-refractivity contribution in [2.45, 2.75) is 18.6 Å². The zero-order valence-corrected chi connectivity index (χ0v) is 17.7. The molecule has 30 heavy (non-hydrogen) atoms. The van der Waals surface area contributed by atoms with Gasteiger partial charge in [0.15, 0.2) is 11.0 Å². The van der Waals surface area contributed by atoms with Gasteiger partial charge in [-0.1, -0.05) is 47.1 Å². The first-order valence-corrected chi connectivity index (χ1v) is 10.5. The Bertz CT molecular complexity index is 1140. The number of rotatable bonds is 7. The average Bonchev–Trinajstić information content (AvgIpc) is 3.39. The molecule has 0 saturated carbocycles. The highest BCUT2D eigenvalue weighted by Gasteiger charge is 2.17. The molecule has 3 heterocycles. The summed E-state index contributed by atoms with van der Waals surface area (Å²) in [6, 6.07) is 15.1. The summed E-state index contributed by atoms with van der Waals surface area (Å²) in [5, 5.41) is 12.6. The number of aromatic nitrogens is 4. The van der Waals surface area contributed by atoms with Crippen LogP contribution in [0, 0.1) is 6.92 Å². The summed E-state index contributed by atoms with van der Waals surface area (Å²) in [6.45, 7) is 2.49. The van der Waals surface area contributed by atoms with Crippen molar-refractivity contribution in [3.05, 3.63) is 77.3 Å². The number of halogens is 1. The fourth-order valence-corrected chi connectivity index (χ4v) is 3.70. The molecule has 152 valence electrons. The van der Waals surface area contributed by atoms with Gasteiger partial charge in [-0.05, 0) is 37.3 Å². The lowest BCUT2D eigenvalue weighted by molar-refractivity contribution is -0.113. The van der Waals surface area contributed by atoms with Crippen molar-refractivity contribution >= 4 is 35.1 Å². The Balaban J connectivity index is 1.53. The highest BCUT2D eigenvalue weighted by molar-refractivity contribution is 7.99. The van der Waals surface area contributed by atoms with Crippen LogP contribution in [0.3, 0.4) is 0 Å². The number of furan rings is 1. The van der Waals surface area contributed by atoms with E-state index in [9.17, 15) is 4.79 Å². The van der Waals surface area contributed by atoms with Crippen molar-refractivity contribution in [2.24, 2.45) is 0 Å². The Hall–Kier alpha value is -3.10. The topological polar surface area (TPSA) is 85.8 Å². The van der Waals surface area contributed by atoms with Gasteiger partial charge in [0.2, 0.25) is 5.91 Å². The molecule has 0 spiro atoms. The summed E-state index contributed by atoms with van der Waals surface area (Å²) in [5.41, 5.74) is 2.08. The second-order valence-corrected chi connectivity index (χ2v) is 7.92. The van der Waals surface area contributed by atoms with Crippen molar-refractivity contribution in [3.8, 4) is 11.4 Å². The standard InChI is InChI=1S/C21H18ClN5O2S/c1-14-4-2-5-15(10-14)20-25-26-21(27(20)12-17-6-3-9-29-17)30-13-19(28)24-18-8-7-16(22)11-23-18/h2-11H,12-13H2,1H3,(H,23,24,28). The molecule has 3 aromatic heterocycles. The van der Waals surface area contributed by atoms with Gasteiger partial charge in [-0.15, -0.1) is 10.2 Å². The van der Waals surface area contributed by atoms with Gasteiger partial charge in [0.1, 0.15) is 11.6 Å². The maximum atomic E-state index is 12.3. The number of thioether (sulfide) groups is 1. The third kappa shape index (κ3) is 4.90. The Labute approximate surface area is 182 Å². The number of nitrogens with one attached hydrogen (secondary N) is 1. The van der Waals surface area contributed by atoms with Gasteiger partial charge < -0.3 is 9.73 Å². The molecule has 4 rings (SSSR count). The number of aryl methyl sites for hydroxylation is 1. The molecule has 1 N–H and O–H groups in total. The van der Waals surface area contributed by atoms with E-state index in [0.29, 0.717) is 22.5 Å². The summed E-state index contributed by atoms with van der Waals surface area (Å²) in [6.07, 6.45) is 3.11. The maximum absolute atomic E-state index is 12.3. The van der Waals surface area contributed by atoms with Crippen LogP contribution in [0.2, 0.25) is 5.02 Å². The van der Waals surface area contributed by atoms with E-state index in [1.165, 1.54) is 18.0 Å². The second kappa shape index (κ2) is 9.15. The van der Waals surface area contributed by atoms with E-state index in [1.807, 2.05) is 41.8 Å². The molecule has 0 atom stereocenters. The van der Waals surface area contributed by atoms with Gasteiger partial charge in [-0.3, -0.25) is 9.36 Å². The van der Waals surface area contributed by atoms with Gasteiger partial charge in [0, 0.05) is 11.8 Å². The van der Waals surface area contributed by atoms with Crippen molar-refractivity contribution in [2.75, 3.05) is 11.1 Å². The summed E-state index contributed by atoms with van der Waals surface area (Å²) in [7, 11) is 0. The molecule has 0 bridgehead atoms. The van der Waals surface area contributed by atoms with Crippen molar-refractivity contribution in [1.29, 1.82) is 0 Å². The fraction of sp³-hybridized carbons (Fsp3) is 0.143. The van der Waals surface area contributed by atoms with E-state index in [1.54, 1.807) is 18.4 Å². The Morgan fingerprint density at radius 3 is 2.83 bits per heavy atom. The fourth-order valence-electron chi connectivity index (χ4n) is 2.85. The summed E-state index contributed by atoms with van der Waals surface area (Å²) in [4.78, 5) is 16.4.